The minimum absolute atomic E-state index is 0.0456. The van der Waals surface area contributed by atoms with E-state index in [1.165, 1.54) is 7.11 Å². The first-order valence-electron chi connectivity index (χ1n) is 7.28. The van der Waals surface area contributed by atoms with Gasteiger partial charge in [-0.1, -0.05) is 12.1 Å². The highest BCUT2D eigenvalue weighted by atomic mass is 16.5. The number of amides is 1. The molecule has 2 N–H and O–H groups in total. The fourth-order valence-corrected chi connectivity index (χ4v) is 2.80. The third kappa shape index (κ3) is 3.35. The van der Waals surface area contributed by atoms with Gasteiger partial charge in [-0.25, -0.2) is 4.79 Å². The van der Waals surface area contributed by atoms with E-state index in [0.29, 0.717) is 18.7 Å². The molecule has 5 nitrogen and oxygen atoms in total. The lowest BCUT2D eigenvalue weighted by molar-refractivity contribution is -0.155. The summed E-state index contributed by atoms with van der Waals surface area (Å²) in [6.07, 6.45) is 2.53. The normalized spacial score (nSPS) is 19.9. The number of carbonyl (C=O) groups excluding carboxylic acids is 2. The number of methoxy groups -OCH3 is 1. The molecule has 1 fully saturated rings. The molecule has 2 rings (SSSR count). The Labute approximate surface area is 125 Å². The summed E-state index contributed by atoms with van der Waals surface area (Å²) in [6.45, 7) is 2.45. The van der Waals surface area contributed by atoms with E-state index >= 15 is 0 Å². The fraction of sp³-hybridized carbons (Fsp3) is 0.500. The van der Waals surface area contributed by atoms with E-state index in [1.54, 1.807) is 17.0 Å². The van der Waals surface area contributed by atoms with Crippen LogP contribution in [0.25, 0.3) is 0 Å². The monoisotopic (exact) mass is 290 g/mol. The largest absolute Gasteiger partial charge is 0.467 e. The molecule has 1 saturated heterocycles. The zero-order chi connectivity index (χ0) is 15.4. The third-order valence-electron chi connectivity index (χ3n) is 4.04. The summed E-state index contributed by atoms with van der Waals surface area (Å²) in [7, 11) is 1.36. The van der Waals surface area contributed by atoms with Crippen molar-refractivity contribution in [2.45, 2.75) is 38.1 Å². The lowest BCUT2D eigenvalue weighted by Crippen LogP contribution is -2.49. The van der Waals surface area contributed by atoms with Crippen molar-refractivity contribution < 1.29 is 14.3 Å². The van der Waals surface area contributed by atoms with Crippen molar-refractivity contribution in [2.24, 2.45) is 0 Å². The molecule has 0 radical (unpaired) electrons. The SMILES string of the molecule is COC(=O)C1CCCCN1C(=O)C(C)c1cccc(N)c1. The molecular weight excluding hydrogens is 268 g/mol. The predicted octanol–water partition coefficient (Wildman–Crippen LogP) is 1.93. The van der Waals surface area contributed by atoms with E-state index in [4.69, 9.17) is 10.5 Å². The molecule has 1 aliphatic heterocycles. The van der Waals surface area contributed by atoms with Crippen LogP contribution in [-0.4, -0.2) is 36.5 Å². The lowest BCUT2D eigenvalue weighted by Gasteiger charge is -2.35. The number of nitrogen functional groups attached to an aromatic ring is 1. The number of rotatable bonds is 3. The minimum atomic E-state index is -0.459. The van der Waals surface area contributed by atoms with Crippen molar-refractivity contribution in [3.8, 4) is 0 Å². The molecule has 1 heterocycles. The first-order valence-corrected chi connectivity index (χ1v) is 7.28. The average Bonchev–Trinajstić information content (AvgIpc) is 2.52. The van der Waals surface area contributed by atoms with Gasteiger partial charge in [-0.2, -0.15) is 0 Å². The molecule has 0 spiro atoms. The maximum atomic E-state index is 12.7. The Balaban J connectivity index is 2.18. The van der Waals surface area contributed by atoms with Crippen LogP contribution in [-0.2, 0) is 14.3 Å². The van der Waals surface area contributed by atoms with Gasteiger partial charge in [0.15, 0.2) is 0 Å². The number of hydrogen-bond donors (Lipinski definition) is 1. The summed E-state index contributed by atoms with van der Waals surface area (Å²) >= 11 is 0. The molecule has 1 aliphatic rings. The number of hydrogen-bond acceptors (Lipinski definition) is 4. The standard InChI is InChI=1S/C16H22N2O3/c1-11(12-6-5-7-13(17)10-12)15(19)18-9-4-3-8-14(18)16(20)21-2/h5-7,10-11,14H,3-4,8-9,17H2,1-2H3. The van der Waals surface area contributed by atoms with Gasteiger partial charge < -0.3 is 15.4 Å². The summed E-state index contributed by atoms with van der Waals surface area (Å²) in [4.78, 5) is 26.2. The van der Waals surface area contributed by atoms with Gasteiger partial charge in [-0.3, -0.25) is 4.79 Å². The molecular formula is C16H22N2O3. The van der Waals surface area contributed by atoms with Crippen molar-refractivity contribution in [3.63, 3.8) is 0 Å². The van der Waals surface area contributed by atoms with Crippen LogP contribution in [0.3, 0.4) is 0 Å². The highest BCUT2D eigenvalue weighted by Crippen LogP contribution is 2.25. The lowest BCUT2D eigenvalue weighted by atomic mass is 9.95. The van der Waals surface area contributed by atoms with E-state index in [-0.39, 0.29) is 17.8 Å². The zero-order valence-electron chi connectivity index (χ0n) is 12.5. The molecule has 0 bridgehead atoms. The predicted molar refractivity (Wildman–Crippen MR) is 80.6 cm³/mol. The number of ether oxygens (including phenoxy) is 1. The van der Waals surface area contributed by atoms with Gasteiger partial charge in [-0.05, 0) is 43.9 Å². The maximum absolute atomic E-state index is 12.7. The second-order valence-corrected chi connectivity index (χ2v) is 5.46. The van der Waals surface area contributed by atoms with Gasteiger partial charge in [0, 0.05) is 12.2 Å². The quantitative estimate of drug-likeness (QED) is 0.682. The van der Waals surface area contributed by atoms with Crippen LogP contribution in [0.15, 0.2) is 24.3 Å². The first kappa shape index (κ1) is 15.4. The topological polar surface area (TPSA) is 72.6 Å². The summed E-state index contributed by atoms with van der Waals surface area (Å²) in [5.41, 5.74) is 7.28. The van der Waals surface area contributed by atoms with Gasteiger partial charge in [0.1, 0.15) is 6.04 Å². The molecule has 0 aliphatic carbocycles. The first-order chi connectivity index (χ1) is 10.0. The summed E-state index contributed by atoms with van der Waals surface area (Å²) < 4.78 is 4.82. The maximum Gasteiger partial charge on any atom is 0.328 e. The number of anilines is 1. The highest BCUT2D eigenvalue weighted by molar-refractivity contribution is 5.88. The number of piperidine rings is 1. The van der Waals surface area contributed by atoms with E-state index in [2.05, 4.69) is 0 Å². The fourth-order valence-electron chi connectivity index (χ4n) is 2.80. The molecule has 2 atom stereocenters. The van der Waals surface area contributed by atoms with E-state index in [9.17, 15) is 9.59 Å². The Bertz CT molecular complexity index is 530. The second-order valence-electron chi connectivity index (χ2n) is 5.46. The van der Waals surface area contributed by atoms with Crippen LogP contribution < -0.4 is 5.73 Å². The molecule has 1 aromatic carbocycles. The van der Waals surface area contributed by atoms with Crippen LogP contribution >= 0.6 is 0 Å². The Morgan fingerprint density at radius 2 is 2.14 bits per heavy atom. The second kappa shape index (κ2) is 6.61. The molecule has 0 saturated carbocycles. The van der Waals surface area contributed by atoms with Gasteiger partial charge in [0.05, 0.1) is 13.0 Å². The Morgan fingerprint density at radius 3 is 2.81 bits per heavy atom. The number of likely N-dealkylation sites (tertiary alicyclic amines) is 1. The van der Waals surface area contributed by atoms with E-state index < -0.39 is 6.04 Å². The Kier molecular flexibility index (Phi) is 4.83. The van der Waals surface area contributed by atoms with Crippen molar-refractivity contribution in [1.29, 1.82) is 0 Å². The van der Waals surface area contributed by atoms with E-state index in [1.807, 2.05) is 19.1 Å². The van der Waals surface area contributed by atoms with Gasteiger partial charge in [0.2, 0.25) is 5.91 Å². The summed E-state index contributed by atoms with van der Waals surface area (Å²) in [6, 6.07) is 6.86. The number of nitrogens with two attached hydrogens (primary N) is 1. The van der Waals surface area contributed by atoms with Crippen LogP contribution in [0.2, 0.25) is 0 Å². The number of carbonyl (C=O) groups is 2. The minimum Gasteiger partial charge on any atom is -0.467 e. The zero-order valence-corrected chi connectivity index (χ0v) is 12.5. The van der Waals surface area contributed by atoms with Crippen molar-refractivity contribution in [3.05, 3.63) is 29.8 Å². The average molecular weight is 290 g/mol. The molecule has 114 valence electrons. The number of benzene rings is 1. The molecule has 1 amide bonds. The van der Waals surface area contributed by atoms with Crippen LogP contribution in [0, 0.1) is 0 Å². The summed E-state index contributed by atoms with van der Waals surface area (Å²) in [5, 5.41) is 0. The van der Waals surface area contributed by atoms with Crippen LogP contribution in [0.5, 0.6) is 0 Å². The summed E-state index contributed by atoms with van der Waals surface area (Å²) in [5.74, 6) is -0.697. The molecule has 21 heavy (non-hydrogen) atoms. The molecule has 2 unspecified atom stereocenters. The van der Waals surface area contributed by atoms with Crippen molar-refractivity contribution >= 4 is 17.6 Å². The third-order valence-corrected chi connectivity index (χ3v) is 4.04. The molecule has 1 aromatic rings. The Morgan fingerprint density at radius 1 is 1.38 bits per heavy atom. The van der Waals surface area contributed by atoms with Gasteiger partial charge in [0.25, 0.3) is 0 Å². The smallest absolute Gasteiger partial charge is 0.328 e. The molecule has 5 heteroatoms. The van der Waals surface area contributed by atoms with Gasteiger partial charge >= 0.3 is 5.97 Å². The number of esters is 1. The number of nitrogens with zero attached hydrogens (tertiary/aromatic N) is 1. The molecule has 0 aromatic heterocycles. The van der Waals surface area contributed by atoms with E-state index in [0.717, 1.165) is 18.4 Å². The van der Waals surface area contributed by atoms with Crippen LogP contribution in [0.1, 0.15) is 37.7 Å². The van der Waals surface area contributed by atoms with Crippen molar-refractivity contribution in [2.75, 3.05) is 19.4 Å². The van der Waals surface area contributed by atoms with Crippen LogP contribution in [0.4, 0.5) is 5.69 Å². The highest BCUT2D eigenvalue weighted by Gasteiger charge is 2.35. The Hall–Kier alpha value is -2.04. The van der Waals surface area contributed by atoms with Crippen molar-refractivity contribution in [1.82, 2.24) is 4.90 Å². The van der Waals surface area contributed by atoms with Gasteiger partial charge in [-0.15, -0.1) is 0 Å².